The summed E-state index contributed by atoms with van der Waals surface area (Å²) < 4.78 is 24.0. The maximum atomic E-state index is 14.5. The molecule has 4 heterocycles. The fraction of sp³-hybridized carbons (Fsp3) is 0.0233. The van der Waals surface area contributed by atoms with Gasteiger partial charge in [0.2, 0.25) is 5.82 Å². The highest BCUT2D eigenvalue weighted by Crippen LogP contribution is 2.41. The molecule has 0 saturated heterocycles. The van der Waals surface area contributed by atoms with Crippen LogP contribution in [0, 0.1) is 5.82 Å². The van der Waals surface area contributed by atoms with E-state index < -0.39 is 11.4 Å². The Balaban J connectivity index is 1.08. The van der Waals surface area contributed by atoms with Crippen molar-refractivity contribution in [3.8, 4) is 45.2 Å². The molecule has 0 radical (unpaired) electrons. The van der Waals surface area contributed by atoms with E-state index in [0.717, 1.165) is 50.3 Å². The molecule has 0 amide bonds. The van der Waals surface area contributed by atoms with E-state index in [9.17, 15) is 4.39 Å². The lowest BCUT2D eigenvalue weighted by molar-refractivity contribution is 0.429. The Bertz CT molecular complexity index is 2560. The smallest absolute Gasteiger partial charge is 0.261 e. The maximum Gasteiger partial charge on any atom is 0.261 e. The average molecular weight is 699 g/mol. The van der Waals surface area contributed by atoms with Crippen molar-refractivity contribution < 1.29 is 8.91 Å². The van der Waals surface area contributed by atoms with Crippen molar-refractivity contribution in [2.24, 2.45) is 0 Å². The van der Waals surface area contributed by atoms with Gasteiger partial charge in [0, 0.05) is 39.7 Å². The Hall–Kier alpha value is -6.64. The zero-order valence-electron chi connectivity index (χ0n) is 27.5. The molecule has 9 aromatic rings. The number of hydrogen-bond donors (Lipinski definition) is 0. The predicted octanol–water partition coefficient (Wildman–Crippen LogP) is 10.2. The summed E-state index contributed by atoms with van der Waals surface area (Å²) in [5.41, 5.74) is 8.16. The summed E-state index contributed by atoms with van der Waals surface area (Å²) in [5.74, 6) is -0.0920. The molecule has 5 aromatic carbocycles. The number of aromatic nitrogens is 6. The fourth-order valence-corrected chi connectivity index (χ4v) is 7.02. The summed E-state index contributed by atoms with van der Waals surface area (Å²) in [5, 5.41) is 9.43. The lowest BCUT2D eigenvalue weighted by Gasteiger charge is -2.36. The van der Waals surface area contributed by atoms with Crippen molar-refractivity contribution in [3.63, 3.8) is 0 Å². The minimum Gasteiger partial charge on any atom is -0.334 e. The fourth-order valence-electron chi connectivity index (χ4n) is 6.86. The van der Waals surface area contributed by atoms with Crippen LogP contribution in [0.25, 0.3) is 50.9 Å². The number of halogens is 2. The van der Waals surface area contributed by atoms with Crippen LogP contribution >= 0.6 is 11.6 Å². The zero-order chi connectivity index (χ0) is 35.1. The van der Waals surface area contributed by atoms with Crippen molar-refractivity contribution in [2.75, 3.05) is 0 Å². The second-order valence-electron chi connectivity index (χ2n) is 12.4. The minimum absolute atomic E-state index is 0.0828. The average Bonchev–Trinajstić information content (AvgIpc) is 3.98. The van der Waals surface area contributed by atoms with Gasteiger partial charge in [-0.05, 0) is 47.0 Å². The van der Waals surface area contributed by atoms with Crippen LogP contribution in [-0.2, 0) is 5.54 Å². The van der Waals surface area contributed by atoms with Crippen molar-refractivity contribution in [1.82, 2.24) is 29.3 Å². The first kappa shape index (κ1) is 31.3. The van der Waals surface area contributed by atoms with Crippen LogP contribution in [0.4, 0.5) is 4.39 Å². The van der Waals surface area contributed by atoms with Gasteiger partial charge in [-0.2, -0.15) is 10.1 Å². The van der Waals surface area contributed by atoms with E-state index in [4.69, 9.17) is 21.2 Å². The van der Waals surface area contributed by atoms with E-state index >= 15 is 0 Å². The molecule has 9 heteroatoms. The number of imidazole rings is 1. The number of pyridine rings is 1. The van der Waals surface area contributed by atoms with Crippen molar-refractivity contribution >= 4 is 17.2 Å². The van der Waals surface area contributed by atoms with E-state index in [1.165, 1.54) is 12.1 Å². The number of benzene rings is 5. The molecule has 0 N–H and O–H groups in total. The topological polar surface area (TPSA) is 74.0 Å². The molecule has 9 rings (SSSR count). The molecule has 0 bridgehead atoms. The Labute approximate surface area is 303 Å². The van der Waals surface area contributed by atoms with Crippen molar-refractivity contribution in [3.05, 3.63) is 198 Å². The van der Waals surface area contributed by atoms with Crippen LogP contribution in [0.5, 0.6) is 0 Å². The van der Waals surface area contributed by atoms with E-state index in [1.54, 1.807) is 6.07 Å². The Morgan fingerprint density at radius 3 is 1.87 bits per heavy atom. The summed E-state index contributed by atoms with van der Waals surface area (Å²) in [7, 11) is 0. The van der Waals surface area contributed by atoms with Crippen LogP contribution in [-0.4, -0.2) is 29.3 Å². The van der Waals surface area contributed by atoms with Crippen LogP contribution in [0.3, 0.4) is 0 Å². The van der Waals surface area contributed by atoms with Gasteiger partial charge in [-0.1, -0.05) is 132 Å². The van der Waals surface area contributed by atoms with Crippen LogP contribution in [0.2, 0.25) is 5.02 Å². The van der Waals surface area contributed by atoms with Gasteiger partial charge in [-0.15, -0.1) is 0 Å². The summed E-state index contributed by atoms with van der Waals surface area (Å²) in [6.45, 7) is 0. The first-order chi connectivity index (χ1) is 25.6. The summed E-state index contributed by atoms with van der Waals surface area (Å²) in [6, 6.07) is 47.7. The van der Waals surface area contributed by atoms with E-state index in [2.05, 4.69) is 115 Å². The Kier molecular flexibility index (Phi) is 7.79. The third-order valence-electron chi connectivity index (χ3n) is 9.37. The molecule has 4 aromatic heterocycles. The molecule has 0 unspecified atom stereocenters. The molecule has 0 aliphatic heterocycles. The number of rotatable bonds is 8. The number of nitrogens with zero attached hydrogens (tertiary/aromatic N) is 6. The molecule has 7 nitrogen and oxygen atoms in total. The SMILES string of the molecule is Fc1cc(Cl)ccc1-c1nc(-c2ccc(-c3cnc4ccc(-c5cnn(C(c6ccccc6)(c6ccccc6)c6ccccc6)c5)cn34)cc2)no1. The van der Waals surface area contributed by atoms with Gasteiger partial charge in [0.15, 0.2) is 0 Å². The third kappa shape index (κ3) is 5.37. The molecule has 0 aliphatic rings. The Morgan fingerprint density at radius 2 is 1.23 bits per heavy atom. The van der Waals surface area contributed by atoms with Crippen LogP contribution in [0.1, 0.15) is 16.7 Å². The van der Waals surface area contributed by atoms with Crippen molar-refractivity contribution in [2.45, 2.75) is 5.54 Å². The highest BCUT2D eigenvalue weighted by atomic mass is 35.5. The molecule has 0 saturated carbocycles. The number of fused-ring (bicyclic) bond motifs is 1. The molecule has 250 valence electrons. The lowest BCUT2D eigenvalue weighted by Crippen LogP contribution is -2.38. The summed E-state index contributed by atoms with van der Waals surface area (Å²) in [6.07, 6.45) is 7.99. The van der Waals surface area contributed by atoms with Gasteiger partial charge in [0.25, 0.3) is 5.89 Å². The minimum atomic E-state index is -0.712. The third-order valence-corrected chi connectivity index (χ3v) is 9.60. The Morgan fingerprint density at radius 1 is 0.615 bits per heavy atom. The molecule has 0 fully saturated rings. The van der Waals surface area contributed by atoms with Gasteiger partial charge in [0.05, 0.1) is 23.7 Å². The van der Waals surface area contributed by atoms with E-state index in [1.807, 2.05) is 60.9 Å². The highest BCUT2D eigenvalue weighted by Gasteiger charge is 2.39. The first-order valence-electron chi connectivity index (χ1n) is 16.7. The quantitative estimate of drug-likeness (QED) is 0.148. The molecule has 0 atom stereocenters. The van der Waals surface area contributed by atoms with Crippen molar-refractivity contribution in [1.29, 1.82) is 0 Å². The van der Waals surface area contributed by atoms with E-state index in [-0.39, 0.29) is 11.5 Å². The largest absolute Gasteiger partial charge is 0.334 e. The van der Waals surface area contributed by atoms with Gasteiger partial charge in [0.1, 0.15) is 17.0 Å². The van der Waals surface area contributed by atoms with Crippen LogP contribution in [0.15, 0.2) is 175 Å². The van der Waals surface area contributed by atoms with Gasteiger partial charge in [-0.3, -0.25) is 9.08 Å². The van der Waals surface area contributed by atoms with Gasteiger partial charge in [-0.25, -0.2) is 9.37 Å². The first-order valence-corrected chi connectivity index (χ1v) is 17.0. The molecular formula is C43H28ClFN6O. The normalized spacial score (nSPS) is 11.7. The maximum absolute atomic E-state index is 14.5. The monoisotopic (exact) mass is 698 g/mol. The van der Waals surface area contributed by atoms with Crippen LogP contribution < -0.4 is 0 Å². The second kappa shape index (κ2) is 12.9. The predicted molar refractivity (Wildman–Crippen MR) is 200 cm³/mol. The molecule has 0 spiro atoms. The highest BCUT2D eigenvalue weighted by molar-refractivity contribution is 6.30. The number of hydrogen-bond acceptors (Lipinski definition) is 5. The molecule has 52 heavy (non-hydrogen) atoms. The zero-order valence-corrected chi connectivity index (χ0v) is 28.3. The summed E-state index contributed by atoms with van der Waals surface area (Å²) in [4.78, 5) is 9.10. The molecular weight excluding hydrogens is 671 g/mol. The standard InChI is InChI=1S/C43H28ClFN6O/c44-36-21-22-37(38(45)24-36)42-48-41(49-52-42)30-18-16-29(17-19-30)39-26-46-40-23-20-31(27-50(39)40)32-25-47-51(28-32)43(33-10-4-1-5-11-33,34-12-6-2-7-13-34)35-14-8-3-9-15-35/h1-28H. The van der Waals surface area contributed by atoms with E-state index in [0.29, 0.717) is 10.8 Å². The summed E-state index contributed by atoms with van der Waals surface area (Å²) >= 11 is 5.90. The lowest BCUT2D eigenvalue weighted by atomic mass is 9.77. The molecule has 0 aliphatic carbocycles. The van der Waals surface area contributed by atoms with Gasteiger partial charge >= 0.3 is 0 Å². The second-order valence-corrected chi connectivity index (χ2v) is 12.8. The van der Waals surface area contributed by atoms with Gasteiger partial charge < -0.3 is 4.52 Å².